The lowest BCUT2D eigenvalue weighted by Crippen LogP contribution is -2.44. The minimum Gasteiger partial charge on any atom is -0.480 e. The van der Waals surface area contributed by atoms with Gasteiger partial charge in [-0.2, -0.15) is 0 Å². The summed E-state index contributed by atoms with van der Waals surface area (Å²) in [6.45, 7) is 6.28. The highest BCUT2D eigenvalue weighted by Gasteiger charge is 2.52. The van der Waals surface area contributed by atoms with Crippen molar-refractivity contribution in [3.63, 3.8) is 0 Å². The van der Waals surface area contributed by atoms with E-state index in [-0.39, 0.29) is 11.5 Å². The predicted molar refractivity (Wildman–Crippen MR) is 98.7 cm³/mol. The average Bonchev–Trinajstić information content (AvgIpc) is 2.91. The minimum atomic E-state index is -0.252. The Hall–Kier alpha value is -0.850. The smallest absolute Gasteiger partial charge is 0.122 e. The number of hydrogen-bond donors (Lipinski definition) is 1. The summed E-state index contributed by atoms with van der Waals surface area (Å²) in [5, 5.41) is 10.3. The molecule has 3 aliphatic rings. The van der Waals surface area contributed by atoms with E-state index in [1.54, 1.807) is 0 Å². The molecule has 0 bridgehead atoms. The fraction of sp³-hybridized carbons (Fsp3) is 0.600. The summed E-state index contributed by atoms with van der Waals surface area (Å²) in [6, 6.07) is 6.55. The lowest BCUT2D eigenvalue weighted by Gasteiger charge is -2.50. The maximum atomic E-state index is 10.3. The summed E-state index contributed by atoms with van der Waals surface area (Å²) in [5.41, 5.74) is 3.05. The van der Waals surface area contributed by atoms with Crippen LogP contribution in [0.25, 0.3) is 0 Å². The second-order valence-corrected chi connectivity index (χ2v) is 7.42. The maximum absolute atomic E-state index is 10.3. The van der Waals surface area contributed by atoms with Crippen LogP contribution in [-0.2, 0) is 6.42 Å². The van der Waals surface area contributed by atoms with Crippen LogP contribution >= 0.6 is 9.47 Å². The molecule has 0 amide bonds. The summed E-state index contributed by atoms with van der Waals surface area (Å²) in [4.78, 5) is 0. The Balaban J connectivity index is 0.000000753. The van der Waals surface area contributed by atoms with Crippen molar-refractivity contribution in [1.29, 1.82) is 0 Å². The fourth-order valence-corrected chi connectivity index (χ4v) is 5.21. The topological polar surface area (TPSA) is 29.5 Å². The zero-order valence-corrected chi connectivity index (χ0v) is 15.6. The molecule has 3 heteroatoms. The third-order valence-electron chi connectivity index (χ3n) is 6.31. The van der Waals surface area contributed by atoms with Gasteiger partial charge in [0.15, 0.2) is 0 Å². The van der Waals surface area contributed by atoms with Crippen LogP contribution in [0.5, 0.6) is 5.75 Å². The Morgan fingerprint density at radius 2 is 2.00 bits per heavy atom. The molecule has 4 rings (SSSR count). The zero-order chi connectivity index (χ0) is 16.6. The van der Waals surface area contributed by atoms with E-state index in [2.05, 4.69) is 40.7 Å². The Morgan fingerprint density at radius 1 is 1.22 bits per heavy atom. The van der Waals surface area contributed by atoms with Gasteiger partial charge in [-0.1, -0.05) is 39.0 Å². The van der Waals surface area contributed by atoms with Crippen LogP contribution in [0.15, 0.2) is 30.4 Å². The van der Waals surface area contributed by atoms with Crippen LogP contribution < -0.4 is 4.52 Å². The number of fused-ring (bicyclic) bond motifs is 5. The van der Waals surface area contributed by atoms with Crippen LogP contribution in [0.3, 0.4) is 0 Å². The monoisotopic (exact) mass is 332 g/mol. The number of rotatable bonds is 1. The molecule has 1 aromatic carbocycles. The molecule has 0 aromatic heterocycles. The average molecular weight is 332 g/mol. The van der Waals surface area contributed by atoms with Crippen molar-refractivity contribution < 1.29 is 9.63 Å². The van der Waals surface area contributed by atoms with Gasteiger partial charge in [-0.3, -0.25) is 0 Å². The standard InChI is InChI=1S/C18H23O2P.C2H6/c1-18-9-8-14-13-5-3-12(20-21)10-11(13)2-4-15(14)16(18)6-7-17(18)19;1-2/h3,5-7,10,14-17,19H,2,4,8-9,21H2,1H3;1-2H3. The lowest BCUT2D eigenvalue weighted by atomic mass is 9.55. The molecule has 1 fully saturated rings. The molecule has 0 spiro atoms. The van der Waals surface area contributed by atoms with Crippen molar-refractivity contribution >= 4 is 9.47 Å². The number of aliphatic hydroxyl groups is 1. The van der Waals surface area contributed by atoms with Gasteiger partial charge in [0.25, 0.3) is 0 Å². The highest BCUT2D eigenvalue weighted by Crippen LogP contribution is 2.58. The number of allylic oxidation sites excluding steroid dienone is 1. The molecule has 0 radical (unpaired) electrons. The third kappa shape index (κ3) is 2.65. The molecule has 0 saturated heterocycles. The van der Waals surface area contributed by atoms with E-state index in [1.807, 2.05) is 19.9 Å². The van der Waals surface area contributed by atoms with Gasteiger partial charge in [0.2, 0.25) is 0 Å². The molecular weight excluding hydrogens is 303 g/mol. The van der Waals surface area contributed by atoms with E-state index in [0.29, 0.717) is 17.8 Å². The molecule has 6 unspecified atom stereocenters. The Bertz CT molecular complexity index is 597. The van der Waals surface area contributed by atoms with E-state index in [1.165, 1.54) is 24.0 Å². The first-order chi connectivity index (χ1) is 11.1. The summed E-state index contributed by atoms with van der Waals surface area (Å²) in [5.74, 6) is 2.82. The number of hydrogen-bond acceptors (Lipinski definition) is 2. The predicted octanol–water partition coefficient (Wildman–Crippen LogP) is 4.87. The number of aryl methyl sites for hydroxylation is 1. The van der Waals surface area contributed by atoms with Crippen LogP contribution in [0.1, 0.15) is 57.1 Å². The molecule has 2 nitrogen and oxygen atoms in total. The summed E-state index contributed by atoms with van der Waals surface area (Å²) < 4.78 is 5.29. The quantitative estimate of drug-likeness (QED) is 0.587. The van der Waals surface area contributed by atoms with Crippen molar-refractivity contribution in [3.05, 3.63) is 41.5 Å². The third-order valence-corrected chi connectivity index (χ3v) is 6.58. The Morgan fingerprint density at radius 3 is 2.74 bits per heavy atom. The molecular formula is C20H29O2P. The molecule has 3 aliphatic carbocycles. The van der Waals surface area contributed by atoms with Crippen LogP contribution in [0.4, 0.5) is 0 Å². The molecule has 0 heterocycles. The SMILES string of the molecule is CC.CC12CCC3c4ccc(OP)cc4CCC3C1C=CC2O. The highest BCUT2D eigenvalue weighted by atomic mass is 31.0. The Labute approximate surface area is 142 Å². The summed E-state index contributed by atoms with van der Waals surface area (Å²) >= 11 is 0. The number of benzene rings is 1. The van der Waals surface area contributed by atoms with E-state index in [4.69, 9.17) is 4.52 Å². The highest BCUT2D eigenvalue weighted by molar-refractivity contribution is 7.10. The van der Waals surface area contributed by atoms with E-state index in [0.717, 1.165) is 18.6 Å². The fourth-order valence-electron chi connectivity index (χ4n) is 5.06. The zero-order valence-electron chi connectivity index (χ0n) is 14.5. The molecule has 126 valence electrons. The van der Waals surface area contributed by atoms with Gasteiger partial charge in [0, 0.05) is 5.41 Å². The van der Waals surface area contributed by atoms with Gasteiger partial charge < -0.3 is 9.63 Å². The van der Waals surface area contributed by atoms with E-state index >= 15 is 0 Å². The number of aliphatic hydroxyl groups excluding tert-OH is 1. The van der Waals surface area contributed by atoms with Crippen LogP contribution in [0.2, 0.25) is 0 Å². The van der Waals surface area contributed by atoms with Gasteiger partial charge in [-0.25, -0.2) is 0 Å². The Kier molecular flexibility index (Phi) is 4.85. The molecule has 1 N–H and O–H groups in total. The van der Waals surface area contributed by atoms with Crippen LogP contribution in [-0.4, -0.2) is 11.2 Å². The van der Waals surface area contributed by atoms with Crippen molar-refractivity contribution in [2.24, 2.45) is 17.3 Å². The molecule has 1 saturated carbocycles. The molecule has 1 aromatic rings. The summed E-state index contributed by atoms with van der Waals surface area (Å²) in [7, 11) is 2.33. The van der Waals surface area contributed by atoms with Gasteiger partial charge >= 0.3 is 0 Å². The first kappa shape index (κ1) is 17.0. The maximum Gasteiger partial charge on any atom is 0.122 e. The van der Waals surface area contributed by atoms with E-state index < -0.39 is 0 Å². The second-order valence-electron chi connectivity index (χ2n) is 7.19. The first-order valence-corrected chi connectivity index (χ1v) is 9.46. The summed E-state index contributed by atoms with van der Waals surface area (Å²) in [6.07, 6.45) is 8.77. The molecule has 0 aliphatic heterocycles. The normalized spacial score (nSPS) is 37.1. The largest absolute Gasteiger partial charge is 0.480 e. The van der Waals surface area contributed by atoms with Gasteiger partial charge in [-0.15, -0.1) is 0 Å². The van der Waals surface area contributed by atoms with Gasteiger partial charge in [0.1, 0.15) is 5.75 Å². The first-order valence-electron chi connectivity index (χ1n) is 8.99. The van der Waals surface area contributed by atoms with Gasteiger partial charge in [-0.05, 0) is 66.7 Å². The lowest BCUT2D eigenvalue weighted by molar-refractivity contribution is -0.0101. The molecule has 23 heavy (non-hydrogen) atoms. The van der Waals surface area contributed by atoms with E-state index in [9.17, 15) is 5.11 Å². The van der Waals surface area contributed by atoms with Crippen LogP contribution in [0, 0.1) is 17.3 Å². The van der Waals surface area contributed by atoms with Crippen molar-refractivity contribution in [2.45, 2.75) is 58.5 Å². The van der Waals surface area contributed by atoms with Crippen molar-refractivity contribution in [3.8, 4) is 5.75 Å². The second kappa shape index (κ2) is 6.57. The van der Waals surface area contributed by atoms with Crippen molar-refractivity contribution in [1.82, 2.24) is 0 Å². The minimum absolute atomic E-state index is 0.0712. The molecule has 6 atom stereocenters. The van der Waals surface area contributed by atoms with Crippen molar-refractivity contribution in [2.75, 3.05) is 0 Å². The van der Waals surface area contributed by atoms with Gasteiger partial charge in [0.05, 0.1) is 15.6 Å².